The Bertz CT molecular complexity index is 2650. The molecule has 14 heteroatoms. The second-order valence-electron chi connectivity index (χ2n) is 18.7. The molecule has 2 fully saturated rings. The fourth-order valence-corrected chi connectivity index (χ4v) is 9.37. The Labute approximate surface area is 410 Å². The zero-order valence-corrected chi connectivity index (χ0v) is 40.0. The number of aliphatic hydroxyl groups excluding tert-OH is 1. The number of hydrogen-bond donors (Lipinski definition) is 5. The van der Waals surface area contributed by atoms with E-state index in [2.05, 4.69) is 52.5 Å². The largest absolute Gasteiger partial charge is 0.378 e. The Morgan fingerprint density at radius 1 is 0.557 bits per heavy atom. The molecule has 0 bridgehead atoms. The van der Waals surface area contributed by atoms with Crippen LogP contribution >= 0.6 is 0 Å². The maximum atomic E-state index is 14.1. The van der Waals surface area contributed by atoms with Crippen molar-refractivity contribution in [3.8, 4) is 12.1 Å². The summed E-state index contributed by atoms with van der Waals surface area (Å²) >= 11 is 0. The van der Waals surface area contributed by atoms with Gasteiger partial charge in [-0.15, -0.1) is 0 Å². The SMILES string of the molecule is CC1=CC=C(CCNC(=O)[C@H]2CN(C(=O)c3ccc(C(=O)N4C[C@H](C(=O)NCCc5ccc(C)cc5)[C@@H](C(=O)NCCc5ccc(C#N)cc5)C4)cc3)C[C@@H]2C(O)NCCc2ccc(C#N)cc2)CC1. The quantitative estimate of drug-likeness (QED) is 0.0787. The maximum Gasteiger partial charge on any atom is 0.253 e. The van der Waals surface area contributed by atoms with E-state index in [0.717, 1.165) is 35.1 Å². The van der Waals surface area contributed by atoms with Gasteiger partial charge in [0.25, 0.3) is 11.8 Å². The molecule has 1 aliphatic carbocycles. The van der Waals surface area contributed by atoms with Crippen LogP contribution in [0.4, 0.5) is 0 Å². The number of benzene rings is 4. The number of hydrogen-bond acceptors (Lipinski definition) is 9. The van der Waals surface area contributed by atoms with Gasteiger partial charge in [0, 0.05) is 69.4 Å². The van der Waals surface area contributed by atoms with Crippen molar-refractivity contribution in [2.45, 2.75) is 58.6 Å². The van der Waals surface area contributed by atoms with Crippen LogP contribution in [0.2, 0.25) is 0 Å². The summed E-state index contributed by atoms with van der Waals surface area (Å²) in [6.07, 6.45) is 7.49. The molecule has 5 atom stereocenters. The number of amides is 5. The van der Waals surface area contributed by atoms with Gasteiger partial charge in [-0.05, 0) is 118 Å². The van der Waals surface area contributed by atoms with Crippen LogP contribution in [0.1, 0.15) is 80.3 Å². The first kappa shape index (κ1) is 50.5. The van der Waals surface area contributed by atoms with Gasteiger partial charge in [-0.25, -0.2) is 0 Å². The van der Waals surface area contributed by atoms with Crippen molar-refractivity contribution in [1.82, 2.24) is 31.1 Å². The molecule has 3 aliphatic rings. The number of carbonyl (C=O) groups is 5. The van der Waals surface area contributed by atoms with E-state index in [1.165, 1.54) is 16.0 Å². The van der Waals surface area contributed by atoms with Gasteiger partial charge in [-0.2, -0.15) is 10.5 Å². The number of likely N-dealkylation sites (tertiary alicyclic amines) is 2. The van der Waals surface area contributed by atoms with E-state index >= 15 is 0 Å². The van der Waals surface area contributed by atoms with Crippen molar-refractivity contribution < 1.29 is 29.1 Å². The van der Waals surface area contributed by atoms with E-state index in [9.17, 15) is 29.1 Å². The zero-order valence-electron chi connectivity index (χ0n) is 40.0. The first-order valence-electron chi connectivity index (χ1n) is 24.2. The predicted octanol–water partition coefficient (Wildman–Crippen LogP) is 5.16. The van der Waals surface area contributed by atoms with Gasteiger partial charge in [0.05, 0.1) is 41.0 Å². The lowest BCUT2D eigenvalue weighted by Crippen LogP contribution is -2.45. The molecule has 0 aromatic heterocycles. The van der Waals surface area contributed by atoms with E-state index < -0.39 is 29.9 Å². The van der Waals surface area contributed by atoms with Crippen LogP contribution in [0.5, 0.6) is 0 Å². The first-order valence-corrected chi connectivity index (χ1v) is 24.2. The van der Waals surface area contributed by atoms with Gasteiger partial charge in [0.2, 0.25) is 17.7 Å². The van der Waals surface area contributed by atoms with Crippen LogP contribution in [0.15, 0.2) is 120 Å². The number of aliphatic hydroxyl groups is 1. The monoisotopic (exact) mass is 942 g/mol. The molecular formula is C56H62N8O6. The Morgan fingerprint density at radius 2 is 0.986 bits per heavy atom. The van der Waals surface area contributed by atoms with Crippen molar-refractivity contribution in [3.63, 3.8) is 0 Å². The fraction of sp³-hybridized carbons (Fsp3) is 0.375. The molecule has 0 saturated carbocycles. The highest BCUT2D eigenvalue weighted by Gasteiger charge is 2.45. The van der Waals surface area contributed by atoms with Crippen molar-refractivity contribution in [2.75, 3.05) is 52.4 Å². The van der Waals surface area contributed by atoms with Crippen molar-refractivity contribution in [2.24, 2.45) is 23.7 Å². The predicted molar refractivity (Wildman–Crippen MR) is 266 cm³/mol. The van der Waals surface area contributed by atoms with Gasteiger partial charge >= 0.3 is 0 Å². The molecule has 4 aromatic carbocycles. The normalized spacial score (nSPS) is 19.0. The van der Waals surface area contributed by atoms with Crippen LogP contribution in [0.3, 0.4) is 0 Å². The summed E-state index contributed by atoms with van der Waals surface area (Å²) in [6, 6.07) is 32.9. The average molecular weight is 943 g/mol. The molecule has 2 saturated heterocycles. The van der Waals surface area contributed by atoms with Crippen LogP contribution in [-0.4, -0.2) is 103 Å². The summed E-state index contributed by atoms with van der Waals surface area (Å²) in [7, 11) is 0. The number of rotatable bonds is 19. The zero-order chi connectivity index (χ0) is 49.6. The molecule has 5 amide bonds. The molecule has 5 N–H and O–H groups in total. The molecule has 1 unspecified atom stereocenters. The van der Waals surface area contributed by atoms with Crippen molar-refractivity contribution >= 4 is 29.5 Å². The molecule has 2 aliphatic heterocycles. The van der Waals surface area contributed by atoms with E-state index in [1.807, 2.05) is 55.5 Å². The van der Waals surface area contributed by atoms with Gasteiger partial charge in [0.15, 0.2) is 0 Å². The third-order valence-corrected chi connectivity index (χ3v) is 13.7. The number of aryl methyl sites for hydroxylation is 1. The summed E-state index contributed by atoms with van der Waals surface area (Å²) < 4.78 is 0. The average Bonchev–Trinajstić information content (AvgIpc) is 4.05. The summed E-state index contributed by atoms with van der Waals surface area (Å²) in [5.41, 5.74) is 8.40. The number of carbonyl (C=O) groups excluding carboxylic acids is 5. The number of allylic oxidation sites excluding steroid dienone is 3. The van der Waals surface area contributed by atoms with Crippen molar-refractivity contribution in [1.29, 1.82) is 10.5 Å². The van der Waals surface area contributed by atoms with Crippen molar-refractivity contribution in [3.05, 3.63) is 165 Å². The Kier molecular flexibility index (Phi) is 17.5. The highest BCUT2D eigenvalue weighted by molar-refractivity contribution is 5.99. The van der Waals surface area contributed by atoms with Crippen LogP contribution in [-0.2, 0) is 33.6 Å². The van der Waals surface area contributed by atoms with Crippen LogP contribution in [0.25, 0.3) is 0 Å². The molecule has 362 valence electrons. The fourth-order valence-electron chi connectivity index (χ4n) is 9.37. The molecule has 0 radical (unpaired) electrons. The topological polar surface area (TPSA) is 208 Å². The number of nitrogens with one attached hydrogen (secondary N) is 4. The summed E-state index contributed by atoms with van der Waals surface area (Å²) in [6.45, 7) is 5.89. The minimum atomic E-state index is -1.09. The lowest BCUT2D eigenvalue weighted by molar-refractivity contribution is -0.132. The minimum Gasteiger partial charge on any atom is -0.378 e. The smallest absolute Gasteiger partial charge is 0.253 e. The molecule has 4 aromatic rings. The van der Waals surface area contributed by atoms with E-state index in [0.29, 0.717) is 68.6 Å². The highest BCUT2D eigenvalue weighted by atomic mass is 16.3. The van der Waals surface area contributed by atoms with E-state index in [4.69, 9.17) is 10.5 Å². The third kappa shape index (κ3) is 13.4. The first-order chi connectivity index (χ1) is 33.9. The molecule has 2 heterocycles. The van der Waals surface area contributed by atoms with Gasteiger partial charge in [-0.3, -0.25) is 29.3 Å². The lowest BCUT2D eigenvalue weighted by Gasteiger charge is -2.24. The number of nitrogens with zero attached hydrogens (tertiary/aromatic N) is 4. The van der Waals surface area contributed by atoms with Crippen LogP contribution in [0, 0.1) is 53.3 Å². The molecule has 0 spiro atoms. The molecule has 70 heavy (non-hydrogen) atoms. The van der Waals surface area contributed by atoms with Gasteiger partial charge < -0.3 is 30.9 Å². The minimum absolute atomic E-state index is 0.0229. The molecule has 14 nitrogen and oxygen atoms in total. The van der Waals surface area contributed by atoms with E-state index in [1.54, 1.807) is 53.4 Å². The van der Waals surface area contributed by atoms with Gasteiger partial charge in [0.1, 0.15) is 6.23 Å². The molecule has 7 rings (SSSR count). The number of nitriles is 2. The summed E-state index contributed by atoms with van der Waals surface area (Å²) in [5.74, 6) is -4.50. The summed E-state index contributed by atoms with van der Waals surface area (Å²) in [5, 5.41) is 41.9. The Morgan fingerprint density at radius 3 is 1.46 bits per heavy atom. The molecular weight excluding hydrogens is 881 g/mol. The Balaban J connectivity index is 0.991. The maximum absolute atomic E-state index is 14.1. The van der Waals surface area contributed by atoms with Crippen LogP contribution < -0.4 is 21.3 Å². The van der Waals surface area contributed by atoms with Gasteiger partial charge in [-0.1, -0.05) is 77.4 Å². The second kappa shape index (κ2) is 24.2. The second-order valence-corrected chi connectivity index (χ2v) is 18.7. The standard InChI is InChI=1S/C56H62N8O6/c1-37-3-7-39(8-4-37)23-27-59-51(65)47-33-63(35-49(47)53(67)61-29-25-41-11-15-43(31-57)16-12-41)55(69)45-19-21-46(22-20-45)56(70)64-34-48(52(66)60-28-24-40-9-5-38(2)6-10-40)50(36-64)54(68)62-30-26-42-13-17-44(32-58)18-14-42/h3-5,7-9,11-22,47-50,54,62,68H,6,10,23-30,33-36H2,1-2H3,(H,59,65)(H,60,66)(H,61,67)/t47-,48-,49-,50-,54?/m0/s1. The Hall–Kier alpha value is -7.39. The summed E-state index contributed by atoms with van der Waals surface area (Å²) in [4.78, 5) is 72.6. The highest BCUT2D eigenvalue weighted by Crippen LogP contribution is 2.30. The third-order valence-electron chi connectivity index (χ3n) is 13.7. The van der Waals surface area contributed by atoms with E-state index in [-0.39, 0.29) is 61.3 Å². The lowest BCUT2D eigenvalue weighted by atomic mass is 9.93.